The van der Waals surface area contributed by atoms with Gasteiger partial charge in [0.25, 0.3) is 0 Å². The lowest BCUT2D eigenvalue weighted by molar-refractivity contribution is -0.371. The van der Waals surface area contributed by atoms with E-state index in [9.17, 15) is 5.26 Å². The third kappa shape index (κ3) is 3.68. The van der Waals surface area contributed by atoms with Crippen molar-refractivity contribution in [1.82, 2.24) is 40.3 Å². The molecule has 3 fully saturated rings. The number of imidazole rings is 1. The number of aromatic amines is 2. The summed E-state index contributed by atoms with van der Waals surface area (Å²) in [7, 11) is 0. The highest BCUT2D eigenvalue weighted by molar-refractivity contribution is 5.39. The standard InChI is InChI=1S/C26H30F3N9O2/c27-26(28,29)23(19-30)8-13-38(37-11-4-5-12-37)25(22-31-9-10-32-22,36-14-16-39-17-15-36)24(23,21-18-33-35-34-21)40-20-6-2-1-3-7-20/h1-3,6-7,9-10,18H,4-5,8,11-17H2,(H,31,32)(H,33,34,35). The predicted octanol–water partition coefficient (Wildman–Crippen LogP) is 2.78. The molecule has 2 aromatic heterocycles. The quantitative estimate of drug-likeness (QED) is 0.471. The first kappa shape index (κ1) is 26.7. The van der Waals surface area contributed by atoms with Crippen LogP contribution in [0.15, 0.2) is 48.9 Å². The van der Waals surface area contributed by atoms with E-state index in [0.29, 0.717) is 13.1 Å². The Morgan fingerprint density at radius 2 is 1.80 bits per heavy atom. The second-order valence-electron chi connectivity index (χ2n) is 10.2. The fourth-order valence-electron chi connectivity index (χ4n) is 6.73. The number of piperidine rings is 1. The minimum Gasteiger partial charge on any atom is -0.475 e. The second kappa shape index (κ2) is 10.2. The van der Waals surface area contributed by atoms with Gasteiger partial charge in [-0.05, 0) is 31.4 Å². The maximum Gasteiger partial charge on any atom is 0.411 e. The topological polar surface area (TPSA) is 122 Å². The van der Waals surface area contributed by atoms with E-state index in [4.69, 9.17) is 9.47 Å². The molecular formula is C26H30F3N9O2. The van der Waals surface area contributed by atoms with Crippen molar-refractivity contribution in [3.63, 3.8) is 0 Å². The predicted molar refractivity (Wildman–Crippen MR) is 134 cm³/mol. The first-order chi connectivity index (χ1) is 19.4. The summed E-state index contributed by atoms with van der Waals surface area (Å²) in [4.78, 5) is 9.66. The molecule has 3 unspecified atom stereocenters. The molecule has 1 aromatic carbocycles. The number of morpholine rings is 1. The van der Waals surface area contributed by atoms with E-state index in [1.54, 1.807) is 42.6 Å². The number of aromatic nitrogens is 5. The number of nitrogens with one attached hydrogen (secondary N) is 2. The Bertz CT molecular complexity index is 1310. The molecule has 6 rings (SSSR count). The molecule has 40 heavy (non-hydrogen) atoms. The average Bonchev–Trinajstić information content (AvgIpc) is 3.77. The first-order valence-corrected chi connectivity index (χ1v) is 13.3. The lowest BCUT2D eigenvalue weighted by Gasteiger charge is -2.66. The number of rotatable bonds is 6. The van der Waals surface area contributed by atoms with Crippen LogP contribution in [0.3, 0.4) is 0 Å². The number of ether oxygens (including phenoxy) is 2. The summed E-state index contributed by atoms with van der Waals surface area (Å²) in [5.41, 5.74) is -7.52. The number of para-hydroxylation sites is 1. The zero-order valence-corrected chi connectivity index (χ0v) is 21.8. The normalized spacial score (nSPS) is 30.8. The lowest BCUT2D eigenvalue weighted by atomic mass is 9.58. The van der Waals surface area contributed by atoms with Crippen LogP contribution < -0.4 is 4.74 Å². The smallest absolute Gasteiger partial charge is 0.411 e. The van der Waals surface area contributed by atoms with E-state index >= 15 is 13.2 Å². The Kier molecular flexibility index (Phi) is 6.78. The lowest BCUT2D eigenvalue weighted by Crippen LogP contribution is -2.83. The molecule has 3 aliphatic heterocycles. The molecular weight excluding hydrogens is 527 g/mol. The van der Waals surface area contributed by atoms with Crippen molar-refractivity contribution in [1.29, 1.82) is 5.26 Å². The van der Waals surface area contributed by atoms with Gasteiger partial charge < -0.3 is 14.5 Å². The molecule has 0 bridgehead atoms. The summed E-state index contributed by atoms with van der Waals surface area (Å²) in [5.74, 6) is 0.366. The monoisotopic (exact) mass is 557 g/mol. The Morgan fingerprint density at radius 3 is 2.40 bits per heavy atom. The van der Waals surface area contributed by atoms with Crippen molar-refractivity contribution in [2.45, 2.75) is 36.7 Å². The van der Waals surface area contributed by atoms with Gasteiger partial charge in [0.15, 0.2) is 5.66 Å². The fourth-order valence-corrected chi connectivity index (χ4v) is 6.73. The molecule has 5 heterocycles. The van der Waals surface area contributed by atoms with E-state index in [2.05, 4.69) is 30.4 Å². The second-order valence-corrected chi connectivity index (χ2v) is 10.2. The minimum absolute atomic E-state index is 0.0666. The van der Waals surface area contributed by atoms with Crippen LogP contribution in [0.1, 0.15) is 30.8 Å². The molecule has 2 N–H and O–H groups in total. The van der Waals surface area contributed by atoms with Crippen LogP contribution in [0.5, 0.6) is 5.75 Å². The Labute approximate surface area is 228 Å². The molecule has 3 saturated heterocycles. The molecule has 0 aliphatic carbocycles. The fraction of sp³-hybridized carbons (Fsp3) is 0.538. The van der Waals surface area contributed by atoms with Gasteiger partial charge in [0, 0.05) is 45.1 Å². The highest BCUT2D eigenvalue weighted by Gasteiger charge is 2.84. The molecule has 11 nitrogen and oxygen atoms in total. The Hall–Kier alpha value is -3.51. The van der Waals surface area contributed by atoms with E-state index in [-0.39, 0.29) is 50.1 Å². The van der Waals surface area contributed by atoms with E-state index in [1.165, 1.54) is 12.4 Å². The van der Waals surface area contributed by atoms with Gasteiger partial charge in [0.05, 0.1) is 25.5 Å². The number of hydrogen-bond donors (Lipinski definition) is 2. The zero-order chi connectivity index (χ0) is 27.8. The van der Waals surface area contributed by atoms with E-state index < -0.39 is 29.3 Å². The summed E-state index contributed by atoms with van der Waals surface area (Å²) in [6.07, 6.45) is 0.483. The number of halogens is 3. The molecule has 14 heteroatoms. The Morgan fingerprint density at radius 1 is 1.05 bits per heavy atom. The number of H-pyrrole nitrogens is 2. The van der Waals surface area contributed by atoms with Gasteiger partial charge in [-0.2, -0.15) is 33.8 Å². The molecule has 0 spiro atoms. The van der Waals surface area contributed by atoms with Crippen molar-refractivity contribution < 1.29 is 22.6 Å². The number of hydrazine groups is 1. The number of nitriles is 1. The van der Waals surface area contributed by atoms with Crippen molar-refractivity contribution in [2.75, 3.05) is 45.9 Å². The van der Waals surface area contributed by atoms with Crippen molar-refractivity contribution in [3.8, 4) is 11.8 Å². The summed E-state index contributed by atoms with van der Waals surface area (Å²) in [6.45, 7) is 2.30. The number of alkyl halides is 3. The largest absolute Gasteiger partial charge is 0.475 e. The van der Waals surface area contributed by atoms with Gasteiger partial charge in [-0.3, -0.25) is 4.90 Å². The molecule has 0 amide bonds. The average molecular weight is 558 g/mol. The number of hydrogen-bond acceptors (Lipinski definition) is 9. The number of nitrogens with zero attached hydrogens (tertiary/aromatic N) is 7. The van der Waals surface area contributed by atoms with Crippen LogP contribution in [0.4, 0.5) is 13.2 Å². The summed E-state index contributed by atoms with van der Waals surface area (Å²) < 4.78 is 59.7. The van der Waals surface area contributed by atoms with Crippen LogP contribution in [0.2, 0.25) is 0 Å². The van der Waals surface area contributed by atoms with Crippen LogP contribution in [0.25, 0.3) is 0 Å². The van der Waals surface area contributed by atoms with Crippen LogP contribution in [-0.4, -0.2) is 92.4 Å². The van der Waals surface area contributed by atoms with Crippen molar-refractivity contribution in [3.05, 3.63) is 60.4 Å². The summed E-state index contributed by atoms with van der Waals surface area (Å²) in [6, 6.07) is 10.0. The summed E-state index contributed by atoms with van der Waals surface area (Å²) >= 11 is 0. The maximum atomic E-state index is 15.8. The SMILES string of the molecule is N#CC1(C(F)(F)F)CCN(N2CCCC2)C(c2ncc[nH]2)(N2CCOCC2)C1(Oc1ccccc1)c1cn[nH]n1. The highest BCUT2D eigenvalue weighted by atomic mass is 19.4. The maximum absolute atomic E-state index is 15.8. The van der Waals surface area contributed by atoms with E-state index in [1.807, 2.05) is 9.91 Å². The van der Waals surface area contributed by atoms with Gasteiger partial charge in [-0.15, -0.1) is 0 Å². The zero-order valence-electron chi connectivity index (χ0n) is 21.8. The number of benzene rings is 1. The first-order valence-electron chi connectivity index (χ1n) is 13.3. The molecule has 0 radical (unpaired) electrons. The Balaban J connectivity index is 1.78. The van der Waals surface area contributed by atoms with Gasteiger partial charge >= 0.3 is 6.18 Å². The molecule has 3 aromatic rings. The van der Waals surface area contributed by atoms with Gasteiger partial charge in [-0.1, -0.05) is 18.2 Å². The van der Waals surface area contributed by atoms with Crippen LogP contribution >= 0.6 is 0 Å². The van der Waals surface area contributed by atoms with Gasteiger partial charge in [0.2, 0.25) is 11.0 Å². The highest BCUT2D eigenvalue weighted by Crippen LogP contribution is 2.66. The van der Waals surface area contributed by atoms with Crippen LogP contribution in [0, 0.1) is 16.7 Å². The molecule has 3 atom stereocenters. The molecule has 3 aliphatic rings. The van der Waals surface area contributed by atoms with Gasteiger partial charge in [-0.25, -0.2) is 15.0 Å². The third-order valence-electron chi connectivity index (χ3n) is 8.35. The minimum atomic E-state index is -5.03. The van der Waals surface area contributed by atoms with Crippen LogP contribution in [-0.2, 0) is 16.0 Å². The molecule has 0 saturated carbocycles. The molecule has 212 valence electrons. The summed E-state index contributed by atoms with van der Waals surface area (Å²) in [5, 5.41) is 25.5. The van der Waals surface area contributed by atoms with E-state index in [0.717, 1.165) is 12.8 Å². The van der Waals surface area contributed by atoms with Gasteiger partial charge in [0.1, 0.15) is 17.3 Å². The third-order valence-corrected chi connectivity index (χ3v) is 8.35. The van der Waals surface area contributed by atoms with Crippen molar-refractivity contribution in [2.24, 2.45) is 5.41 Å². The van der Waals surface area contributed by atoms with Crippen molar-refractivity contribution >= 4 is 0 Å².